The van der Waals surface area contributed by atoms with Gasteiger partial charge >= 0.3 is 0 Å². The molecule has 8 rings (SSSR count). The second kappa shape index (κ2) is 15.8. The van der Waals surface area contributed by atoms with E-state index in [1.807, 2.05) is 42.6 Å². The third kappa shape index (κ3) is 9.03. The van der Waals surface area contributed by atoms with E-state index in [1.54, 1.807) is 65.8 Å². The molecular formula is C51H51N5OPt-2. The molecule has 0 fully saturated rings. The normalized spacial score (nSPS) is 14.2. The van der Waals surface area contributed by atoms with Gasteiger partial charge in [0.2, 0.25) is 0 Å². The summed E-state index contributed by atoms with van der Waals surface area (Å²) < 4.78 is 65.5. The quantitative estimate of drug-likeness (QED) is 0.113. The molecule has 0 unspecified atom stereocenters. The summed E-state index contributed by atoms with van der Waals surface area (Å²) in [6, 6.07) is 37.9. The summed E-state index contributed by atoms with van der Waals surface area (Å²) in [5.41, 5.74) is 4.16. The van der Waals surface area contributed by atoms with Gasteiger partial charge in [0, 0.05) is 56.4 Å². The Bertz CT molecular complexity index is 2990. The SMILES string of the molecule is [2H]c1c([2H])[n+](-c2cc(C([2H])([2H])C(C)(C)C)cc(C([2H])([2H])C(C)(C)C)c2)[c-]n1-c1[c-]c(Oc2[c-]c3c(cc2)c2cc(-c4ccccc4)ccc2n3-c2cc(C(C)(C)C)ccn2)ccn1.[Pt]. The van der Waals surface area contributed by atoms with E-state index in [4.69, 9.17) is 17.9 Å². The van der Waals surface area contributed by atoms with Crippen LogP contribution in [0.15, 0.2) is 122 Å². The van der Waals surface area contributed by atoms with E-state index in [2.05, 4.69) is 85.2 Å². The van der Waals surface area contributed by atoms with Gasteiger partial charge in [0.25, 0.3) is 6.33 Å². The van der Waals surface area contributed by atoms with Crippen molar-refractivity contribution in [1.29, 1.82) is 0 Å². The number of hydrogen-bond donors (Lipinski definition) is 0. The van der Waals surface area contributed by atoms with Crippen molar-refractivity contribution in [1.82, 2.24) is 19.1 Å². The summed E-state index contributed by atoms with van der Waals surface area (Å²) in [7, 11) is 0. The minimum absolute atomic E-state index is 0. The van der Waals surface area contributed by atoms with E-state index in [1.165, 1.54) is 15.3 Å². The van der Waals surface area contributed by atoms with E-state index >= 15 is 0 Å². The molecule has 0 spiro atoms. The van der Waals surface area contributed by atoms with E-state index in [9.17, 15) is 0 Å². The van der Waals surface area contributed by atoms with E-state index in [0.29, 0.717) is 11.4 Å². The Labute approximate surface area is 366 Å². The molecule has 298 valence electrons. The average Bonchev–Trinajstić information content (AvgIpc) is 3.72. The number of nitrogens with zero attached hydrogens (tertiary/aromatic N) is 5. The van der Waals surface area contributed by atoms with Crippen molar-refractivity contribution in [2.75, 3.05) is 0 Å². The molecule has 58 heavy (non-hydrogen) atoms. The standard InChI is InChI=1S/C51H51N5O.Pt/c1-49(2,3)32-35-25-36(33-50(4,5)6)27-40(26-35)54-23-24-55(34-54)47-31-42(20-22-52-47)57-41-16-17-43-44-28-38(37-13-11-10-12-14-37)15-18-45(44)56(46(43)30-41)48-29-39(19-21-53-48)51(7,8)9;/h10-29H,32-33H2,1-9H3;/q-2;/i23D,24D,32D2,33D2;. The topological polar surface area (TPSA) is 48.8 Å². The summed E-state index contributed by atoms with van der Waals surface area (Å²) in [5, 5.41) is 2.02. The van der Waals surface area contributed by atoms with Gasteiger partial charge < -0.3 is 9.30 Å². The Morgan fingerprint density at radius 2 is 1.40 bits per heavy atom. The molecule has 0 aliphatic heterocycles. The number of rotatable bonds is 8. The minimum Gasteiger partial charge on any atom is -0.522 e. The molecule has 0 bridgehead atoms. The smallest absolute Gasteiger partial charge is 0.268 e. The van der Waals surface area contributed by atoms with Gasteiger partial charge in [0.05, 0.1) is 14.2 Å². The second-order valence-electron chi connectivity index (χ2n) is 17.5. The van der Waals surface area contributed by atoms with E-state index in [0.717, 1.165) is 44.3 Å². The van der Waals surface area contributed by atoms with E-state index < -0.39 is 23.6 Å². The zero-order chi connectivity index (χ0) is 45.4. The van der Waals surface area contributed by atoms with Gasteiger partial charge in [-0.1, -0.05) is 134 Å². The van der Waals surface area contributed by atoms with Crippen molar-refractivity contribution < 1.29 is 38.6 Å². The second-order valence-corrected chi connectivity index (χ2v) is 17.5. The van der Waals surface area contributed by atoms with Gasteiger partial charge in [-0.05, 0) is 87.1 Å². The molecule has 7 heteroatoms. The van der Waals surface area contributed by atoms with Crippen molar-refractivity contribution >= 4 is 21.8 Å². The number of hydrogen-bond acceptors (Lipinski definition) is 3. The van der Waals surface area contributed by atoms with Crippen LogP contribution in [0.4, 0.5) is 0 Å². The summed E-state index contributed by atoms with van der Waals surface area (Å²) >= 11 is 0. The molecule has 4 aromatic heterocycles. The molecule has 4 heterocycles. The number of ether oxygens (including phenoxy) is 1. The molecule has 0 radical (unpaired) electrons. The van der Waals surface area contributed by atoms with Crippen LogP contribution in [0.1, 0.15) is 87.2 Å². The van der Waals surface area contributed by atoms with Crippen molar-refractivity contribution in [3.05, 3.63) is 157 Å². The van der Waals surface area contributed by atoms with Gasteiger partial charge in [-0.25, -0.2) is 4.98 Å². The van der Waals surface area contributed by atoms with E-state index in [-0.39, 0.29) is 61.5 Å². The summed E-state index contributed by atoms with van der Waals surface area (Å²) in [4.78, 5) is 9.31. The number of fused-ring (bicyclic) bond motifs is 3. The zero-order valence-electron chi connectivity index (χ0n) is 40.4. The molecule has 0 saturated heterocycles. The third-order valence-electron chi connectivity index (χ3n) is 9.37. The molecule has 0 atom stereocenters. The minimum atomic E-state index is -1.87. The molecule has 0 saturated carbocycles. The Morgan fingerprint density at radius 1 is 0.707 bits per heavy atom. The Kier molecular flexibility index (Phi) is 9.16. The van der Waals surface area contributed by atoms with Crippen LogP contribution in [0.5, 0.6) is 11.5 Å². The van der Waals surface area contributed by atoms with Crippen LogP contribution < -0.4 is 9.30 Å². The maximum Gasteiger partial charge on any atom is 0.268 e. The van der Waals surface area contributed by atoms with Gasteiger partial charge in [0.1, 0.15) is 5.82 Å². The predicted octanol–water partition coefficient (Wildman–Crippen LogP) is 12.0. The van der Waals surface area contributed by atoms with Crippen molar-refractivity contribution in [3.63, 3.8) is 0 Å². The first kappa shape index (κ1) is 33.6. The third-order valence-corrected chi connectivity index (χ3v) is 9.37. The van der Waals surface area contributed by atoms with Gasteiger partial charge in [-0.2, -0.15) is 18.2 Å². The molecule has 4 aromatic carbocycles. The number of pyridine rings is 2. The van der Waals surface area contributed by atoms with Crippen LogP contribution in [0.3, 0.4) is 0 Å². The Hall–Kier alpha value is -5.32. The van der Waals surface area contributed by atoms with Crippen LogP contribution in [-0.4, -0.2) is 19.1 Å². The molecule has 0 N–H and O–H groups in total. The fraction of sp³-hybridized carbons (Fsp3) is 0.275. The Morgan fingerprint density at radius 3 is 2.09 bits per heavy atom. The fourth-order valence-corrected chi connectivity index (χ4v) is 6.91. The van der Waals surface area contributed by atoms with Crippen LogP contribution in [0.2, 0.25) is 0 Å². The maximum atomic E-state index is 9.09. The predicted molar refractivity (Wildman–Crippen MR) is 231 cm³/mol. The molecular weight excluding hydrogens is 894 g/mol. The zero-order valence-corrected chi connectivity index (χ0v) is 36.6. The first-order chi connectivity index (χ1) is 29.5. The Balaban J connectivity index is 0.00000612. The molecule has 0 aliphatic carbocycles. The first-order valence-electron chi connectivity index (χ1n) is 22.2. The maximum absolute atomic E-state index is 9.09. The largest absolute Gasteiger partial charge is 0.522 e. The van der Waals surface area contributed by atoms with Crippen LogP contribution in [0, 0.1) is 29.3 Å². The molecule has 8 aromatic rings. The first-order valence-corrected chi connectivity index (χ1v) is 19.2. The molecule has 6 nitrogen and oxygen atoms in total. The number of imidazole rings is 1. The summed E-state index contributed by atoms with van der Waals surface area (Å²) in [6.45, 7) is 17.3. The van der Waals surface area contributed by atoms with Crippen LogP contribution in [-0.2, 0) is 39.2 Å². The molecule has 0 aliphatic rings. The average molecular weight is 951 g/mol. The van der Waals surface area contributed by atoms with Gasteiger partial charge in [0.15, 0.2) is 0 Å². The number of aromatic nitrogens is 5. The van der Waals surface area contributed by atoms with Crippen LogP contribution in [0.25, 0.3) is 50.3 Å². The number of benzene rings is 4. The summed E-state index contributed by atoms with van der Waals surface area (Å²) in [6.07, 6.45) is 2.18. The van der Waals surface area contributed by atoms with Crippen molar-refractivity contribution in [2.45, 2.75) is 80.5 Å². The monoisotopic (exact) mass is 950 g/mol. The van der Waals surface area contributed by atoms with Gasteiger partial charge in [-0.3, -0.25) is 14.1 Å². The van der Waals surface area contributed by atoms with Crippen molar-refractivity contribution in [2.24, 2.45) is 10.8 Å². The molecule has 0 amide bonds. The van der Waals surface area contributed by atoms with Crippen molar-refractivity contribution in [3.8, 4) is 39.9 Å². The summed E-state index contributed by atoms with van der Waals surface area (Å²) in [5.74, 6) is 1.61. The fourth-order valence-electron chi connectivity index (χ4n) is 6.91. The van der Waals surface area contributed by atoms with Crippen LogP contribution >= 0.6 is 0 Å². The van der Waals surface area contributed by atoms with Gasteiger partial charge in [-0.15, -0.1) is 17.5 Å².